The van der Waals surface area contributed by atoms with Crippen molar-refractivity contribution >= 4 is 40.7 Å². The van der Waals surface area contributed by atoms with Gasteiger partial charge in [0.1, 0.15) is 0 Å². The lowest BCUT2D eigenvalue weighted by molar-refractivity contribution is -0.128. The highest BCUT2D eigenvalue weighted by Crippen LogP contribution is 2.30. The Morgan fingerprint density at radius 3 is 2.54 bits per heavy atom. The zero-order chi connectivity index (χ0) is 9.90. The van der Waals surface area contributed by atoms with E-state index in [0.717, 1.165) is 0 Å². The van der Waals surface area contributed by atoms with Crippen molar-refractivity contribution in [2.75, 3.05) is 6.54 Å². The number of hydrogen-bond donors (Lipinski definition) is 0. The van der Waals surface area contributed by atoms with Crippen LogP contribution in [0.25, 0.3) is 0 Å². The van der Waals surface area contributed by atoms with E-state index in [1.165, 1.54) is 4.90 Å². The maximum absolute atomic E-state index is 11.4. The number of alkyl halides is 3. The van der Waals surface area contributed by atoms with Gasteiger partial charge in [0.15, 0.2) is 3.79 Å². The second-order valence-corrected chi connectivity index (χ2v) is 5.12. The second kappa shape index (κ2) is 4.36. The highest BCUT2D eigenvalue weighted by Gasteiger charge is 2.26. The number of hydrogen-bond acceptors (Lipinski definition) is 1. The fourth-order valence-corrected chi connectivity index (χ4v) is 1.27. The minimum atomic E-state index is -1.51. The van der Waals surface area contributed by atoms with Crippen molar-refractivity contribution in [1.29, 1.82) is 0 Å². The Labute approximate surface area is 91.7 Å². The first-order valence-corrected chi connectivity index (χ1v) is 4.82. The molecule has 1 aliphatic heterocycles. The summed E-state index contributed by atoms with van der Waals surface area (Å²) < 4.78 is -1.51. The van der Waals surface area contributed by atoms with Crippen LogP contribution >= 0.6 is 34.8 Å². The summed E-state index contributed by atoms with van der Waals surface area (Å²) in [6.45, 7) is 0.538. The van der Waals surface area contributed by atoms with Crippen LogP contribution in [0.2, 0.25) is 0 Å². The standard InChI is InChI=1S/C8H8Cl3NO/c9-8(10,11)6-7(13)12-4-2-1-3-5-12/h1-4H,5-6H2. The van der Waals surface area contributed by atoms with Crippen molar-refractivity contribution in [2.45, 2.75) is 10.2 Å². The predicted octanol–water partition coefficient (Wildman–Crippen LogP) is 2.66. The average molecular weight is 241 g/mol. The fraction of sp³-hybridized carbons (Fsp3) is 0.375. The Balaban J connectivity index is 2.49. The molecule has 0 saturated carbocycles. The van der Waals surface area contributed by atoms with Crippen LogP contribution in [0.15, 0.2) is 24.4 Å². The van der Waals surface area contributed by atoms with E-state index in [4.69, 9.17) is 34.8 Å². The molecule has 0 aromatic heterocycles. The van der Waals surface area contributed by atoms with Crippen LogP contribution in [0.1, 0.15) is 6.42 Å². The third-order valence-electron chi connectivity index (χ3n) is 1.49. The van der Waals surface area contributed by atoms with Crippen molar-refractivity contribution in [3.8, 4) is 0 Å². The lowest BCUT2D eigenvalue weighted by Crippen LogP contribution is -2.29. The molecule has 1 aliphatic rings. The molecule has 0 unspecified atom stereocenters. The highest BCUT2D eigenvalue weighted by molar-refractivity contribution is 6.68. The van der Waals surface area contributed by atoms with Gasteiger partial charge >= 0.3 is 0 Å². The van der Waals surface area contributed by atoms with Crippen molar-refractivity contribution in [1.82, 2.24) is 4.90 Å². The summed E-state index contributed by atoms with van der Waals surface area (Å²) in [7, 11) is 0. The van der Waals surface area contributed by atoms with E-state index in [0.29, 0.717) is 6.54 Å². The zero-order valence-corrected chi connectivity index (χ0v) is 8.98. The highest BCUT2D eigenvalue weighted by atomic mass is 35.6. The molecule has 0 radical (unpaired) electrons. The van der Waals surface area contributed by atoms with Gasteiger partial charge < -0.3 is 4.90 Å². The number of carbonyl (C=O) groups is 1. The third-order valence-corrected chi connectivity index (χ3v) is 1.89. The van der Waals surface area contributed by atoms with Gasteiger partial charge in [-0.1, -0.05) is 47.0 Å². The first-order valence-electron chi connectivity index (χ1n) is 3.68. The van der Waals surface area contributed by atoms with E-state index in [9.17, 15) is 4.79 Å². The van der Waals surface area contributed by atoms with Crippen LogP contribution in [-0.4, -0.2) is 21.1 Å². The van der Waals surface area contributed by atoms with E-state index in [2.05, 4.69) is 0 Å². The topological polar surface area (TPSA) is 20.3 Å². The van der Waals surface area contributed by atoms with Crippen LogP contribution < -0.4 is 0 Å². The van der Waals surface area contributed by atoms with Gasteiger partial charge in [0.05, 0.1) is 6.42 Å². The SMILES string of the molecule is O=C(CC(Cl)(Cl)Cl)N1C=CC=CC1. The number of halogens is 3. The smallest absolute Gasteiger partial charge is 0.231 e. The van der Waals surface area contributed by atoms with Crippen LogP contribution in [0, 0.1) is 0 Å². The number of nitrogens with zero attached hydrogens (tertiary/aromatic N) is 1. The largest absolute Gasteiger partial charge is 0.315 e. The lowest BCUT2D eigenvalue weighted by Gasteiger charge is -2.20. The minimum Gasteiger partial charge on any atom is -0.315 e. The Morgan fingerprint density at radius 1 is 1.38 bits per heavy atom. The van der Waals surface area contributed by atoms with Gasteiger partial charge in [-0.25, -0.2) is 0 Å². The molecule has 0 saturated heterocycles. The molecule has 5 heteroatoms. The summed E-state index contributed by atoms with van der Waals surface area (Å²) in [5.41, 5.74) is 0. The summed E-state index contributed by atoms with van der Waals surface area (Å²) >= 11 is 16.5. The maximum Gasteiger partial charge on any atom is 0.231 e. The van der Waals surface area contributed by atoms with Gasteiger partial charge in [0.25, 0.3) is 0 Å². The van der Waals surface area contributed by atoms with Crippen LogP contribution in [0.4, 0.5) is 0 Å². The molecule has 1 amide bonds. The molecule has 72 valence electrons. The zero-order valence-electron chi connectivity index (χ0n) is 6.71. The van der Waals surface area contributed by atoms with E-state index >= 15 is 0 Å². The van der Waals surface area contributed by atoms with E-state index in [1.54, 1.807) is 12.3 Å². The molecule has 0 atom stereocenters. The molecular weight excluding hydrogens is 232 g/mol. The molecular formula is C8H8Cl3NO. The van der Waals surface area contributed by atoms with Gasteiger partial charge in [-0.2, -0.15) is 0 Å². The first kappa shape index (κ1) is 10.9. The van der Waals surface area contributed by atoms with Gasteiger partial charge in [0, 0.05) is 12.7 Å². The van der Waals surface area contributed by atoms with Crippen LogP contribution in [0.3, 0.4) is 0 Å². The Kier molecular flexibility index (Phi) is 3.65. The van der Waals surface area contributed by atoms with Gasteiger partial charge in [-0.3, -0.25) is 4.79 Å². The Hall–Kier alpha value is -0.180. The maximum atomic E-state index is 11.4. The minimum absolute atomic E-state index is 0.101. The monoisotopic (exact) mass is 239 g/mol. The molecule has 13 heavy (non-hydrogen) atoms. The summed E-state index contributed by atoms with van der Waals surface area (Å²) in [5.74, 6) is -0.194. The molecule has 0 spiro atoms. The molecule has 1 heterocycles. The average Bonchev–Trinajstić information content (AvgIpc) is 2.03. The van der Waals surface area contributed by atoms with E-state index in [1.807, 2.05) is 12.2 Å². The molecule has 2 nitrogen and oxygen atoms in total. The summed E-state index contributed by atoms with van der Waals surface area (Å²) in [4.78, 5) is 12.9. The molecule has 1 rings (SSSR count). The lowest BCUT2D eigenvalue weighted by atomic mass is 10.3. The number of carbonyl (C=O) groups excluding carboxylic acids is 1. The second-order valence-electron chi connectivity index (χ2n) is 2.61. The quantitative estimate of drug-likeness (QED) is 0.645. The number of amides is 1. The number of rotatable bonds is 1. The van der Waals surface area contributed by atoms with Gasteiger partial charge in [-0.15, -0.1) is 0 Å². The van der Waals surface area contributed by atoms with Crippen molar-refractivity contribution in [3.63, 3.8) is 0 Å². The summed E-state index contributed by atoms with van der Waals surface area (Å²) in [5, 5.41) is 0. The van der Waals surface area contributed by atoms with Crippen molar-refractivity contribution < 1.29 is 4.79 Å². The van der Waals surface area contributed by atoms with Crippen molar-refractivity contribution in [2.24, 2.45) is 0 Å². The summed E-state index contributed by atoms with van der Waals surface area (Å²) in [6, 6.07) is 0. The summed E-state index contributed by atoms with van der Waals surface area (Å²) in [6.07, 6.45) is 7.05. The van der Waals surface area contributed by atoms with Gasteiger partial charge in [0.2, 0.25) is 5.91 Å². The van der Waals surface area contributed by atoms with E-state index in [-0.39, 0.29) is 12.3 Å². The van der Waals surface area contributed by atoms with E-state index < -0.39 is 3.79 Å². The first-order chi connectivity index (χ1) is 5.99. The molecule has 0 fully saturated rings. The molecule has 0 aromatic rings. The number of allylic oxidation sites excluding steroid dienone is 2. The molecule has 0 bridgehead atoms. The van der Waals surface area contributed by atoms with Crippen LogP contribution in [0.5, 0.6) is 0 Å². The molecule has 0 aliphatic carbocycles. The molecule has 0 N–H and O–H groups in total. The van der Waals surface area contributed by atoms with Gasteiger partial charge in [-0.05, 0) is 6.08 Å². The Morgan fingerprint density at radius 2 is 2.08 bits per heavy atom. The van der Waals surface area contributed by atoms with Crippen molar-refractivity contribution in [3.05, 3.63) is 24.4 Å². The third kappa shape index (κ3) is 4.03. The fourth-order valence-electron chi connectivity index (χ4n) is 0.925. The normalized spacial score (nSPS) is 16.4. The molecule has 0 aromatic carbocycles. The van der Waals surface area contributed by atoms with Crippen LogP contribution in [-0.2, 0) is 4.79 Å². The Bertz CT molecular complexity index is 255. The predicted molar refractivity (Wildman–Crippen MR) is 54.9 cm³/mol.